The highest BCUT2D eigenvalue weighted by Crippen LogP contribution is 2.55. The highest BCUT2D eigenvalue weighted by molar-refractivity contribution is 6.08. The number of rotatable bonds is 8. The summed E-state index contributed by atoms with van der Waals surface area (Å²) in [5.74, 6) is 0.105. The fourth-order valence-corrected chi connectivity index (χ4v) is 5.42. The average Bonchev–Trinajstić information content (AvgIpc) is 3.30. The van der Waals surface area contributed by atoms with Crippen molar-refractivity contribution in [3.63, 3.8) is 0 Å². The zero-order chi connectivity index (χ0) is 23.6. The topological polar surface area (TPSA) is 44.8 Å². The summed E-state index contributed by atoms with van der Waals surface area (Å²) in [6.45, 7) is 6.86. The minimum Gasteiger partial charge on any atom is -0.378 e. The zero-order valence-corrected chi connectivity index (χ0v) is 22.6. The third kappa shape index (κ3) is 4.34. The molecule has 2 aromatic rings. The van der Waals surface area contributed by atoms with E-state index in [9.17, 15) is 4.79 Å². The van der Waals surface area contributed by atoms with Crippen LogP contribution in [0.2, 0.25) is 6.04 Å². The Morgan fingerprint density at radius 1 is 1.21 bits per heavy atom. The van der Waals surface area contributed by atoms with Crippen LogP contribution in [0.3, 0.4) is 0 Å². The summed E-state index contributed by atoms with van der Waals surface area (Å²) >= 11 is 0. The van der Waals surface area contributed by atoms with Crippen molar-refractivity contribution in [3.8, 4) is 0 Å². The van der Waals surface area contributed by atoms with Gasteiger partial charge in [-0.3, -0.25) is 4.79 Å². The number of nitrogens with one attached hydrogen (secondary N) is 1. The van der Waals surface area contributed by atoms with Crippen molar-refractivity contribution in [1.82, 2.24) is 5.32 Å². The van der Waals surface area contributed by atoms with E-state index in [0.717, 1.165) is 30.6 Å². The minimum atomic E-state index is -0.526. The lowest BCUT2D eigenvalue weighted by molar-refractivity contribution is -0.120. The Morgan fingerprint density at radius 3 is 2.67 bits per heavy atom. The molecule has 0 bridgehead atoms. The maximum atomic E-state index is 12.4. The van der Waals surface area contributed by atoms with Crippen LogP contribution in [-0.2, 0) is 21.4 Å². The van der Waals surface area contributed by atoms with E-state index in [1.165, 1.54) is 33.2 Å². The molecule has 1 fully saturated rings. The van der Waals surface area contributed by atoms with Gasteiger partial charge in [0.1, 0.15) is 0 Å². The molecule has 1 saturated heterocycles. The van der Waals surface area contributed by atoms with E-state index in [1.807, 2.05) is 0 Å². The van der Waals surface area contributed by atoms with E-state index < -0.39 is 5.72 Å². The predicted molar refractivity (Wildman–Crippen MR) is 141 cm³/mol. The van der Waals surface area contributed by atoms with E-state index in [0.29, 0.717) is 13.0 Å². The Kier molecular flexibility index (Phi) is 6.68. The summed E-state index contributed by atoms with van der Waals surface area (Å²) in [5, 5.41) is 3.05. The number of anilines is 2. The number of amides is 1. The van der Waals surface area contributed by atoms with Crippen molar-refractivity contribution in [1.29, 1.82) is 0 Å². The number of carbonyl (C=O) groups excluding carboxylic acids is 1. The molecule has 1 amide bonds. The van der Waals surface area contributed by atoms with E-state index in [1.54, 1.807) is 0 Å². The molecule has 1 atom stereocenters. The van der Waals surface area contributed by atoms with Crippen molar-refractivity contribution in [2.45, 2.75) is 43.9 Å². The molecule has 1 N–H and O–H groups in total. The molecular weight excluding hydrogens is 426 g/mol. The smallest absolute Gasteiger partial charge is 0.224 e. The highest BCUT2D eigenvalue weighted by Gasteiger charge is 2.59. The second kappa shape index (κ2) is 9.35. The first kappa shape index (κ1) is 23.6. The summed E-state index contributed by atoms with van der Waals surface area (Å²) in [5.41, 5.74) is 5.09. The Labute approximate surface area is 201 Å². The molecule has 0 spiro atoms. The van der Waals surface area contributed by atoms with Crippen LogP contribution in [0, 0.1) is 0 Å². The molecule has 2 aromatic carbocycles. The van der Waals surface area contributed by atoms with Crippen molar-refractivity contribution in [3.05, 3.63) is 65.2 Å². The second-order valence-corrected chi connectivity index (χ2v) is 10.9. The van der Waals surface area contributed by atoms with Crippen LogP contribution < -0.4 is 15.1 Å². The fourth-order valence-electron chi connectivity index (χ4n) is 5.07. The van der Waals surface area contributed by atoms with Gasteiger partial charge in [0, 0.05) is 54.2 Å². The first-order chi connectivity index (χ1) is 15.8. The van der Waals surface area contributed by atoms with Gasteiger partial charge in [-0.25, -0.2) is 0 Å². The average molecular weight is 464 g/mol. The molecule has 33 heavy (non-hydrogen) atoms. The standard InChI is InChI=1S/C27H37N3O2Si/c1-26(2)23-18-21(19-25(31)28-14-5-17-33)8-11-24(23)30-15-16-32-27(26,30)13-12-20-6-9-22(10-7-20)29(3)4/h6-13,18H,5,14-17,19H2,1-4,33H3,(H,28,31). The van der Waals surface area contributed by atoms with Gasteiger partial charge in [0.2, 0.25) is 5.91 Å². The zero-order valence-electron chi connectivity index (χ0n) is 20.6. The van der Waals surface area contributed by atoms with Crippen LogP contribution >= 0.6 is 0 Å². The van der Waals surface area contributed by atoms with Gasteiger partial charge in [0.15, 0.2) is 5.72 Å². The van der Waals surface area contributed by atoms with Crippen LogP contribution in [0.5, 0.6) is 0 Å². The number of nitrogens with zero attached hydrogens (tertiary/aromatic N) is 2. The Bertz CT molecular complexity index is 1030. The minimum absolute atomic E-state index is 0.105. The summed E-state index contributed by atoms with van der Waals surface area (Å²) < 4.78 is 6.49. The molecule has 0 aliphatic carbocycles. The largest absolute Gasteiger partial charge is 0.378 e. The van der Waals surface area contributed by atoms with E-state index in [2.05, 4.69) is 97.7 Å². The summed E-state index contributed by atoms with van der Waals surface area (Å²) in [6.07, 6.45) is 5.90. The predicted octanol–water partition coefficient (Wildman–Crippen LogP) is 3.12. The second-order valence-electron chi connectivity index (χ2n) is 9.87. The molecular formula is C27H37N3O2Si. The molecule has 2 aliphatic heterocycles. The van der Waals surface area contributed by atoms with Gasteiger partial charge >= 0.3 is 0 Å². The van der Waals surface area contributed by atoms with Crippen molar-refractivity contribution >= 4 is 33.6 Å². The number of ether oxygens (including phenoxy) is 1. The quantitative estimate of drug-likeness (QED) is 0.483. The molecule has 0 radical (unpaired) electrons. The van der Waals surface area contributed by atoms with Gasteiger partial charge in [-0.2, -0.15) is 0 Å². The number of fused-ring (bicyclic) bond motifs is 3. The van der Waals surface area contributed by atoms with Gasteiger partial charge in [-0.15, -0.1) is 0 Å². The normalized spacial score (nSPS) is 20.8. The number of benzene rings is 2. The van der Waals surface area contributed by atoms with Crippen molar-refractivity contribution in [2.75, 3.05) is 43.6 Å². The van der Waals surface area contributed by atoms with E-state index >= 15 is 0 Å². The Hall–Kier alpha value is -2.57. The van der Waals surface area contributed by atoms with Crippen LogP contribution in [0.1, 0.15) is 37.0 Å². The molecule has 2 heterocycles. The summed E-state index contributed by atoms with van der Waals surface area (Å²) in [7, 11) is 5.29. The van der Waals surface area contributed by atoms with Gasteiger partial charge in [-0.05, 0) is 47.4 Å². The molecule has 0 aromatic heterocycles. The lowest BCUT2D eigenvalue weighted by Gasteiger charge is -2.39. The van der Waals surface area contributed by atoms with E-state index in [4.69, 9.17) is 4.74 Å². The maximum absolute atomic E-state index is 12.4. The molecule has 176 valence electrons. The van der Waals surface area contributed by atoms with Crippen LogP contribution in [0.25, 0.3) is 6.08 Å². The first-order valence-corrected chi connectivity index (χ1v) is 13.5. The van der Waals surface area contributed by atoms with Crippen LogP contribution in [0.4, 0.5) is 11.4 Å². The molecule has 6 heteroatoms. The molecule has 2 aliphatic rings. The third-order valence-electron chi connectivity index (χ3n) is 7.09. The lowest BCUT2D eigenvalue weighted by Crippen LogP contribution is -2.51. The number of carbonyl (C=O) groups is 1. The van der Waals surface area contributed by atoms with E-state index in [-0.39, 0.29) is 11.3 Å². The number of hydrogen-bond donors (Lipinski definition) is 1. The van der Waals surface area contributed by atoms with Gasteiger partial charge in [0.25, 0.3) is 0 Å². The summed E-state index contributed by atoms with van der Waals surface area (Å²) in [4.78, 5) is 16.9. The highest BCUT2D eigenvalue weighted by atomic mass is 28.1. The van der Waals surface area contributed by atoms with Gasteiger partial charge in [-0.1, -0.05) is 50.2 Å². The lowest BCUT2D eigenvalue weighted by atomic mass is 9.76. The Balaban J connectivity index is 1.59. The van der Waals surface area contributed by atoms with Gasteiger partial charge < -0.3 is 19.9 Å². The molecule has 0 saturated carbocycles. The fraction of sp³-hybridized carbons (Fsp3) is 0.444. The maximum Gasteiger partial charge on any atom is 0.224 e. The van der Waals surface area contributed by atoms with Gasteiger partial charge in [0.05, 0.1) is 13.0 Å². The third-order valence-corrected chi connectivity index (χ3v) is 7.79. The molecule has 1 unspecified atom stereocenters. The monoisotopic (exact) mass is 463 g/mol. The van der Waals surface area contributed by atoms with Crippen molar-refractivity contribution in [2.24, 2.45) is 0 Å². The summed E-state index contributed by atoms with van der Waals surface area (Å²) in [6, 6.07) is 16.3. The number of hydrogen-bond acceptors (Lipinski definition) is 4. The SMILES string of the molecule is CN(C)c1ccc(C=CC23OCCN2c2ccc(CC(=O)NCCC[SiH3])cc2C3(C)C)cc1. The molecule has 5 nitrogen and oxygen atoms in total. The van der Waals surface area contributed by atoms with Crippen LogP contribution in [-0.4, -0.2) is 55.7 Å². The Morgan fingerprint density at radius 2 is 1.97 bits per heavy atom. The molecule has 4 rings (SSSR count). The first-order valence-electron chi connectivity index (χ1n) is 12.1. The van der Waals surface area contributed by atoms with Crippen molar-refractivity contribution < 1.29 is 9.53 Å². The van der Waals surface area contributed by atoms with Crippen LogP contribution in [0.15, 0.2) is 48.5 Å².